The van der Waals surface area contributed by atoms with Gasteiger partial charge in [0.1, 0.15) is 0 Å². The van der Waals surface area contributed by atoms with Gasteiger partial charge in [-0.3, -0.25) is 0 Å². The second-order valence-corrected chi connectivity index (χ2v) is 5.96. The summed E-state index contributed by atoms with van der Waals surface area (Å²) in [7, 11) is 0. The summed E-state index contributed by atoms with van der Waals surface area (Å²) in [5, 5.41) is 12.7. The van der Waals surface area contributed by atoms with E-state index < -0.39 is 0 Å². The van der Waals surface area contributed by atoms with Crippen molar-refractivity contribution in [2.24, 2.45) is 5.41 Å². The lowest BCUT2D eigenvalue weighted by atomic mass is 9.92. The van der Waals surface area contributed by atoms with E-state index in [1.807, 2.05) is 12.1 Å². The van der Waals surface area contributed by atoms with E-state index in [9.17, 15) is 0 Å². The second-order valence-electron chi connectivity index (χ2n) is 5.96. The highest BCUT2D eigenvalue weighted by Gasteiger charge is 2.30. The van der Waals surface area contributed by atoms with E-state index >= 15 is 0 Å². The second kappa shape index (κ2) is 5.19. The minimum atomic E-state index is 0.129. The van der Waals surface area contributed by atoms with Crippen molar-refractivity contribution in [3.8, 4) is 0 Å². The number of nitrogens with one attached hydrogen (secondary N) is 1. The van der Waals surface area contributed by atoms with E-state index in [1.54, 1.807) is 0 Å². The average molecular weight is 233 g/mol. The molecule has 1 unspecified atom stereocenters. The van der Waals surface area contributed by atoms with Gasteiger partial charge in [0.2, 0.25) is 0 Å². The SMILES string of the molecule is CC1(C)CCC(NCc2cccc(CO)c2)C1. The smallest absolute Gasteiger partial charge is 0.0681 e. The van der Waals surface area contributed by atoms with Crippen molar-refractivity contribution in [2.75, 3.05) is 0 Å². The van der Waals surface area contributed by atoms with Gasteiger partial charge in [-0.05, 0) is 35.8 Å². The van der Waals surface area contributed by atoms with E-state index in [2.05, 4.69) is 31.3 Å². The number of hydrogen-bond acceptors (Lipinski definition) is 2. The first kappa shape index (κ1) is 12.6. The van der Waals surface area contributed by atoms with Gasteiger partial charge in [-0.25, -0.2) is 0 Å². The van der Waals surface area contributed by atoms with Crippen LogP contribution < -0.4 is 5.32 Å². The molecule has 0 bridgehead atoms. The largest absolute Gasteiger partial charge is 0.392 e. The topological polar surface area (TPSA) is 32.3 Å². The normalized spacial score (nSPS) is 22.9. The molecule has 17 heavy (non-hydrogen) atoms. The van der Waals surface area contributed by atoms with Crippen molar-refractivity contribution in [1.82, 2.24) is 5.32 Å². The van der Waals surface area contributed by atoms with Crippen LogP contribution in [0.25, 0.3) is 0 Å². The van der Waals surface area contributed by atoms with E-state index in [-0.39, 0.29) is 6.61 Å². The lowest BCUT2D eigenvalue weighted by Crippen LogP contribution is -2.26. The Bertz CT molecular complexity index is 373. The van der Waals surface area contributed by atoms with Gasteiger partial charge in [-0.1, -0.05) is 38.1 Å². The Kier molecular flexibility index (Phi) is 3.85. The van der Waals surface area contributed by atoms with Crippen LogP contribution in [0, 0.1) is 5.41 Å². The van der Waals surface area contributed by atoms with Crippen molar-refractivity contribution in [2.45, 2.75) is 52.3 Å². The summed E-state index contributed by atoms with van der Waals surface area (Å²) in [4.78, 5) is 0. The zero-order valence-corrected chi connectivity index (χ0v) is 10.9. The van der Waals surface area contributed by atoms with Gasteiger partial charge >= 0.3 is 0 Å². The molecule has 0 heterocycles. The van der Waals surface area contributed by atoms with Crippen molar-refractivity contribution in [3.05, 3.63) is 35.4 Å². The van der Waals surface area contributed by atoms with Crippen molar-refractivity contribution < 1.29 is 5.11 Å². The molecule has 1 aromatic carbocycles. The molecule has 0 spiro atoms. The van der Waals surface area contributed by atoms with Gasteiger partial charge in [0.25, 0.3) is 0 Å². The summed E-state index contributed by atoms with van der Waals surface area (Å²) >= 11 is 0. The lowest BCUT2D eigenvalue weighted by Gasteiger charge is -2.18. The zero-order valence-electron chi connectivity index (χ0n) is 10.9. The molecule has 0 amide bonds. The van der Waals surface area contributed by atoms with Crippen LogP contribution in [-0.2, 0) is 13.2 Å². The van der Waals surface area contributed by atoms with Crippen molar-refractivity contribution in [1.29, 1.82) is 0 Å². The maximum Gasteiger partial charge on any atom is 0.0681 e. The van der Waals surface area contributed by atoms with E-state index in [1.165, 1.54) is 24.8 Å². The Morgan fingerprint density at radius 3 is 2.76 bits per heavy atom. The number of aliphatic hydroxyl groups is 1. The molecular formula is C15H23NO. The van der Waals surface area contributed by atoms with Crippen LogP contribution in [0.1, 0.15) is 44.2 Å². The third kappa shape index (κ3) is 3.55. The Morgan fingerprint density at radius 1 is 1.35 bits per heavy atom. The van der Waals surface area contributed by atoms with Gasteiger partial charge in [0.15, 0.2) is 0 Å². The monoisotopic (exact) mass is 233 g/mol. The predicted octanol–water partition coefficient (Wildman–Crippen LogP) is 2.85. The predicted molar refractivity (Wildman–Crippen MR) is 70.6 cm³/mol. The van der Waals surface area contributed by atoms with Gasteiger partial charge in [-0.15, -0.1) is 0 Å². The first-order valence-corrected chi connectivity index (χ1v) is 6.51. The molecule has 1 fully saturated rings. The highest BCUT2D eigenvalue weighted by atomic mass is 16.3. The van der Waals surface area contributed by atoms with Crippen LogP contribution in [0.5, 0.6) is 0 Å². The van der Waals surface area contributed by atoms with Gasteiger partial charge in [0, 0.05) is 12.6 Å². The highest BCUT2D eigenvalue weighted by Crippen LogP contribution is 2.36. The summed E-state index contributed by atoms with van der Waals surface area (Å²) in [6, 6.07) is 8.82. The number of benzene rings is 1. The quantitative estimate of drug-likeness (QED) is 0.838. The molecule has 2 rings (SSSR count). The number of aliphatic hydroxyl groups excluding tert-OH is 1. The molecule has 1 atom stereocenters. The third-order valence-electron chi connectivity index (χ3n) is 3.74. The van der Waals surface area contributed by atoms with Crippen LogP contribution in [0.3, 0.4) is 0 Å². The third-order valence-corrected chi connectivity index (χ3v) is 3.74. The van der Waals surface area contributed by atoms with E-state index in [0.29, 0.717) is 11.5 Å². The molecular weight excluding hydrogens is 210 g/mol. The van der Waals surface area contributed by atoms with E-state index in [4.69, 9.17) is 5.11 Å². The minimum Gasteiger partial charge on any atom is -0.392 e. The first-order valence-electron chi connectivity index (χ1n) is 6.51. The van der Waals surface area contributed by atoms with Crippen LogP contribution in [0.15, 0.2) is 24.3 Å². The molecule has 1 aliphatic rings. The Hall–Kier alpha value is -0.860. The average Bonchev–Trinajstić information content (AvgIpc) is 2.67. The first-order chi connectivity index (χ1) is 8.09. The van der Waals surface area contributed by atoms with Gasteiger partial charge in [0.05, 0.1) is 6.61 Å². The summed E-state index contributed by atoms with van der Waals surface area (Å²) in [5.41, 5.74) is 2.77. The summed E-state index contributed by atoms with van der Waals surface area (Å²) in [6.07, 6.45) is 3.88. The van der Waals surface area contributed by atoms with Crippen LogP contribution in [-0.4, -0.2) is 11.1 Å². The van der Waals surface area contributed by atoms with Crippen LogP contribution >= 0.6 is 0 Å². The highest BCUT2D eigenvalue weighted by molar-refractivity contribution is 5.22. The number of rotatable bonds is 4. The lowest BCUT2D eigenvalue weighted by molar-refractivity contribution is 0.281. The molecule has 0 aliphatic heterocycles. The molecule has 2 heteroatoms. The van der Waals surface area contributed by atoms with Crippen molar-refractivity contribution >= 4 is 0 Å². The molecule has 0 radical (unpaired) electrons. The molecule has 2 nitrogen and oxygen atoms in total. The van der Waals surface area contributed by atoms with Crippen LogP contribution in [0.4, 0.5) is 0 Å². The summed E-state index contributed by atoms with van der Waals surface area (Å²) in [5.74, 6) is 0. The fourth-order valence-electron chi connectivity index (χ4n) is 2.71. The van der Waals surface area contributed by atoms with Crippen LogP contribution in [0.2, 0.25) is 0 Å². The minimum absolute atomic E-state index is 0.129. The van der Waals surface area contributed by atoms with Crippen molar-refractivity contribution in [3.63, 3.8) is 0 Å². The Labute approximate surface area is 104 Å². The Balaban J connectivity index is 1.86. The fourth-order valence-corrected chi connectivity index (χ4v) is 2.71. The summed E-state index contributed by atoms with van der Waals surface area (Å²) < 4.78 is 0. The van der Waals surface area contributed by atoms with Gasteiger partial charge in [-0.2, -0.15) is 0 Å². The molecule has 1 aromatic rings. The van der Waals surface area contributed by atoms with E-state index in [0.717, 1.165) is 12.1 Å². The maximum atomic E-state index is 9.09. The molecule has 0 aromatic heterocycles. The van der Waals surface area contributed by atoms with Gasteiger partial charge < -0.3 is 10.4 Å². The molecule has 1 aliphatic carbocycles. The summed E-state index contributed by atoms with van der Waals surface area (Å²) in [6.45, 7) is 5.74. The standard InChI is InChI=1S/C15H23NO/c1-15(2)7-6-14(9-15)16-10-12-4-3-5-13(8-12)11-17/h3-5,8,14,16-17H,6-7,9-11H2,1-2H3. The number of hydrogen-bond donors (Lipinski definition) is 2. The molecule has 2 N–H and O–H groups in total. The zero-order chi connectivity index (χ0) is 12.3. The fraction of sp³-hybridized carbons (Fsp3) is 0.600. The Morgan fingerprint density at radius 2 is 2.12 bits per heavy atom. The molecule has 0 saturated heterocycles. The maximum absolute atomic E-state index is 9.09. The molecule has 1 saturated carbocycles. The molecule has 94 valence electrons.